The normalized spacial score (nSPS) is 12.6. The Hall–Kier alpha value is -6.98. The lowest BCUT2D eigenvalue weighted by Crippen LogP contribution is -2.20. The van der Waals surface area contributed by atoms with Gasteiger partial charge in [0.2, 0.25) is 0 Å². The summed E-state index contributed by atoms with van der Waals surface area (Å²) in [6.07, 6.45) is 0. The summed E-state index contributed by atoms with van der Waals surface area (Å²) in [5.74, 6) is 3.13. The van der Waals surface area contributed by atoms with Gasteiger partial charge in [-0.2, -0.15) is 0 Å². The molecular weight excluding hydrogens is 627 g/mol. The van der Waals surface area contributed by atoms with Crippen LogP contribution in [0.3, 0.4) is 0 Å². The fourth-order valence-electron chi connectivity index (χ4n) is 7.51. The molecule has 0 bridgehead atoms. The lowest BCUT2D eigenvalue weighted by atomic mass is 9.96. The van der Waals surface area contributed by atoms with Crippen molar-refractivity contribution in [2.24, 2.45) is 0 Å². The van der Waals surface area contributed by atoms with Gasteiger partial charge in [-0.25, -0.2) is 9.97 Å². The van der Waals surface area contributed by atoms with Crippen molar-refractivity contribution >= 4 is 49.6 Å². The maximum absolute atomic E-state index is 6.92. The third-order valence-electron chi connectivity index (χ3n) is 9.97. The average Bonchev–Trinajstić information content (AvgIpc) is 3.19. The van der Waals surface area contributed by atoms with Crippen LogP contribution in [0.4, 0.5) is 17.1 Å². The standard InChI is InChI=1S/C46H27N3O2/c1-2-10-29(11-3-1)43-44(48-37-17-9-8-16-36(37)47-43)30-20-18-28(19-21-30)35-22-23-40-45-46(35)51-42-27-34-15-7-5-13-32(34)25-39(42)49(45)38-24-31-12-4-6-14-33(31)26-41(38)50-40/h1-27H. The summed E-state index contributed by atoms with van der Waals surface area (Å²) in [4.78, 5) is 12.5. The molecule has 5 nitrogen and oxygen atoms in total. The Balaban J connectivity index is 1.08. The van der Waals surface area contributed by atoms with Crippen LogP contribution in [-0.4, -0.2) is 9.97 Å². The first-order chi connectivity index (χ1) is 25.2. The Morgan fingerprint density at radius 2 is 0.882 bits per heavy atom. The second kappa shape index (κ2) is 10.8. The Bertz CT molecular complexity index is 2850. The van der Waals surface area contributed by atoms with Gasteiger partial charge in [-0.05, 0) is 75.6 Å². The van der Waals surface area contributed by atoms with E-state index >= 15 is 0 Å². The van der Waals surface area contributed by atoms with Crippen molar-refractivity contribution in [3.63, 3.8) is 0 Å². The van der Waals surface area contributed by atoms with Crippen molar-refractivity contribution in [3.05, 3.63) is 164 Å². The third kappa shape index (κ3) is 4.35. The predicted octanol–water partition coefficient (Wildman–Crippen LogP) is 12.6. The summed E-state index contributed by atoms with van der Waals surface area (Å²) >= 11 is 0. The summed E-state index contributed by atoms with van der Waals surface area (Å²) in [5.41, 5.74) is 10.3. The van der Waals surface area contributed by atoms with Crippen molar-refractivity contribution in [3.8, 4) is 56.6 Å². The van der Waals surface area contributed by atoms with Crippen LogP contribution in [0.5, 0.6) is 23.0 Å². The van der Waals surface area contributed by atoms with Gasteiger partial charge in [-0.3, -0.25) is 4.90 Å². The molecule has 0 N–H and O–H groups in total. The number of rotatable bonds is 3. The van der Waals surface area contributed by atoms with E-state index in [1.54, 1.807) is 0 Å². The van der Waals surface area contributed by atoms with Crippen molar-refractivity contribution in [1.29, 1.82) is 0 Å². The number of ether oxygens (including phenoxy) is 2. The molecular formula is C46H27N3O2. The highest BCUT2D eigenvalue weighted by Gasteiger charge is 2.37. The first kappa shape index (κ1) is 27.9. The number of hydrogen-bond donors (Lipinski definition) is 0. The van der Waals surface area contributed by atoms with Crippen molar-refractivity contribution in [2.75, 3.05) is 4.90 Å². The van der Waals surface area contributed by atoms with E-state index in [2.05, 4.69) is 126 Å². The first-order valence-corrected chi connectivity index (χ1v) is 17.1. The van der Waals surface area contributed by atoms with Crippen LogP contribution in [0.1, 0.15) is 0 Å². The summed E-state index contributed by atoms with van der Waals surface area (Å²) in [7, 11) is 0. The summed E-state index contributed by atoms with van der Waals surface area (Å²) in [6, 6.07) is 56.6. The quantitative estimate of drug-likeness (QED) is 0.190. The lowest BCUT2D eigenvalue weighted by Gasteiger charge is -2.39. The molecule has 0 fully saturated rings. The molecule has 2 aliphatic heterocycles. The van der Waals surface area contributed by atoms with E-state index in [0.717, 1.165) is 106 Å². The smallest absolute Gasteiger partial charge is 0.163 e. The molecule has 5 heteroatoms. The van der Waals surface area contributed by atoms with Gasteiger partial charge in [0.1, 0.15) is 5.69 Å². The molecule has 8 aromatic carbocycles. The molecule has 3 heterocycles. The van der Waals surface area contributed by atoms with Crippen LogP contribution in [0, 0.1) is 0 Å². The molecule has 0 atom stereocenters. The molecule has 0 unspecified atom stereocenters. The van der Waals surface area contributed by atoms with Crippen LogP contribution in [0.25, 0.3) is 66.2 Å². The van der Waals surface area contributed by atoms with E-state index < -0.39 is 0 Å². The number of fused-ring (bicyclic) bond motifs is 7. The van der Waals surface area contributed by atoms with E-state index in [9.17, 15) is 0 Å². The first-order valence-electron chi connectivity index (χ1n) is 17.1. The Morgan fingerprint density at radius 1 is 0.392 bits per heavy atom. The summed E-state index contributed by atoms with van der Waals surface area (Å²) in [6.45, 7) is 0. The number of hydrogen-bond acceptors (Lipinski definition) is 5. The molecule has 0 spiro atoms. The zero-order valence-corrected chi connectivity index (χ0v) is 27.2. The van der Waals surface area contributed by atoms with Crippen molar-refractivity contribution in [1.82, 2.24) is 9.97 Å². The minimum Gasteiger partial charge on any atom is -0.453 e. The highest BCUT2D eigenvalue weighted by Crippen LogP contribution is 2.62. The molecule has 2 aliphatic rings. The molecule has 0 saturated carbocycles. The van der Waals surface area contributed by atoms with E-state index in [1.807, 2.05) is 42.5 Å². The maximum atomic E-state index is 6.92. The van der Waals surface area contributed by atoms with Gasteiger partial charge in [0.05, 0.1) is 33.8 Å². The van der Waals surface area contributed by atoms with Crippen LogP contribution in [-0.2, 0) is 0 Å². The minimum absolute atomic E-state index is 0.755. The number of benzene rings is 8. The van der Waals surface area contributed by atoms with Crippen LogP contribution < -0.4 is 14.4 Å². The lowest BCUT2D eigenvalue weighted by molar-refractivity contribution is 0.448. The van der Waals surface area contributed by atoms with Crippen LogP contribution >= 0.6 is 0 Å². The van der Waals surface area contributed by atoms with Gasteiger partial charge in [0, 0.05) is 16.7 Å². The summed E-state index contributed by atoms with van der Waals surface area (Å²) < 4.78 is 13.6. The monoisotopic (exact) mass is 653 g/mol. The number of para-hydroxylation sites is 2. The van der Waals surface area contributed by atoms with E-state index in [0.29, 0.717) is 0 Å². The fraction of sp³-hybridized carbons (Fsp3) is 0. The number of anilines is 3. The van der Waals surface area contributed by atoms with E-state index in [-0.39, 0.29) is 0 Å². The second-order valence-electron chi connectivity index (χ2n) is 13.0. The SMILES string of the molecule is c1ccc(-c2nc3ccccc3nc2-c2ccc(-c3ccc4c5c3Oc3cc6ccccc6cc3N5c3cc5ccccc5cc3O4)cc2)cc1. The number of nitrogens with zero attached hydrogens (tertiary/aromatic N) is 3. The van der Waals surface area contributed by atoms with Crippen LogP contribution in [0.15, 0.2) is 164 Å². The van der Waals surface area contributed by atoms with Gasteiger partial charge in [0.15, 0.2) is 23.0 Å². The van der Waals surface area contributed by atoms with Gasteiger partial charge in [0.25, 0.3) is 0 Å². The molecule has 0 aliphatic carbocycles. The largest absolute Gasteiger partial charge is 0.453 e. The third-order valence-corrected chi connectivity index (χ3v) is 9.97. The maximum Gasteiger partial charge on any atom is 0.163 e. The molecule has 238 valence electrons. The molecule has 9 aromatic rings. The highest BCUT2D eigenvalue weighted by atomic mass is 16.5. The second-order valence-corrected chi connectivity index (χ2v) is 13.0. The number of aromatic nitrogens is 2. The fourth-order valence-corrected chi connectivity index (χ4v) is 7.51. The van der Waals surface area contributed by atoms with Gasteiger partial charge in [-0.15, -0.1) is 0 Å². The van der Waals surface area contributed by atoms with Crippen LogP contribution in [0.2, 0.25) is 0 Å². The van der Waals surface area contributed by atoms with Gasteiger partial charge in [-0.1, -0.05) is 115 Å². The topological polar surface area (TPSA) is 47.5 Å². The van der Waals surface area contributed by atoms with E-state index in [4.69, 9.17) is 19.4 Å². The minimum atomic E-state index is 0.755. The van der Waals surface area contributed by atoms with Crippen molar-refractivity contribution in [2.45, 2.75) is 0 Å². The zero-order valence-electron chi connectivity index (χ0n) is 27.2. The van der Waals surface area contributed by atoms with Crippen molar-refractivity contribution < 1.29 is 9.47 Å². The van der Waals surface area contributed by atoms with Gasteiger partial charge >= 0.3 is 0 Å². The molecule has 0 amide bonds. The Labute approximate surface area is 293 Å². The molecule has 11 rings (SSSR count). The Kier molecular flexibility index (Phi) is 5.89. The highest BCUT2D eigenvalue weighted by molar-refractivity contribution is 6.03. The van der Waals surface area contributed by atoms with Gasteiger partial charge < -0.3 is 9.47 Å². The molecule has 0 radical (unpaired) electrons. The predicted molar refractivity (Wildman–Crippen MR) is 206 cm³/mol. The molecule has 0 saturated heterocycles. The summed E-state index contributed by atoms with van der Waals surface area (Å²) in [5, 5.41) is 4.56. The average molecular weight is 654 g/mol. The molecule has 1 aromatic heterocycles. The van der Waals surface area contributed by atoms with E-state index in [1.165, 1.54) is 0 Å². The zero-order chi connectivity index (χ0) is 33.5. The Morgan fingerprint density at radius 3 is 1.49 bits per heavy atom. The molecule has 51 heavy (non-hydrogen) atoms.